The molecule has 1 heterocycles. The van der Waals surface area contributed by atoms with E-state index in [9.17, 15) is 0 Å². The number of nitrogens with zero attached hydrogens (tertiary/aromatic N) is 1. The monoisotopic (exact) mass is 274 g/mol. The van der Waals surface area contributed by atoms with Crippen LogP contribution in [0.3, 0.4) is 0 Å². The Kier molecular flexibility index (Phi) is 4.94. The molecular formula is C16H19ClN2. The van der Waals surface area contributed by atoms with Crippen LogP contribution in [0.25, 0.3) is 0 Å². The Morgan fingerprint density at radius 2 is 1.95 bits per heavy atom. The van der Waals surface area contributed by atoms with Gasteiger partial charge in [-0.1, -0.05) is 48.4 Å². The Hall–Kier alpha value is -1.38. The number of nitrogens with one attached hydrogen (secondary N) is 1. The normalized spacial score (nSPS) is 12.4. The van der Waals surface area contributed by atoms with Crippen molar-refractivity contribution < 1.29 is 0 Å². The molecule has 0 aliphatic rings. The third kappa shape index (κ3) is 3.79. The van der Waals surface area contributed by atoms with Crippen molar-refractivity contribution in [3.63, 3.8) is 0 Å². The number of aryl methyl sites for hydroxylation is 1. The van der Waals surface area contributed by atoms with Gasteiger partial charge in [0.25, 0.3) is 0 Å². The minimum Gasteiger partial charge on any atom is -0.309 e. The number of aromatic nitrogens is 1. The maximum absolute atomic E-state index is 6.24. The van der Waals surface area contributed by atoms with E-state index in [1.807, 2.05) is 12.1 Å². The van der Waals surface area contributed by atoms with Crippen LogP contribution in [-0.2, 0) is 6.42 Å². The number of halogens is 1. The van der Waals surface area contributed by atoms with Gasteiger partial charge >= 0.3 is 0 Å². The molecule has 0 radical (unpaired) electrons. The molecule has 1 atom stereocenters. The average Bonchev–Trinajstić information content (AvgIpc) is 2.41. The molecule has 0 aliphatic heterocycles. The fraction of sp³-hybridized carbons (Fsp3) is 0.312. The lowest BCUT2D eigenvalue weighted by atomic mass is 10.0. The van der Waals surface area contributed by atoms with Gasteiger partial charge in [-0.3, -0.25) is 4.98 Å². The van der Waals surface area contributed by atoms with Gasteiger partial charge in [0.15, 0.2) is 0 Å². The van der Waals surface area contributed by atoms with Gasteiger partial charge in [0.05, 0.1) is 16.8 Å². The molecular weight excluding hydrogens is 256 g/mol. The van der Waals surface area contributed by atoms with E-state index in [1.54, 1.807) is 6.20 Å². The summed E-state index contributed by atoms with van der Waals surface area (Å²) in [5, 5.41) is 4.18. The van der Waals surface area contributed by atoms with Gasteiger partial charge in [0.2, 0.25) is 0 Å². The van der Waals surface area contributed by atoms with E-state index in [-0.39, 0.29) is 6.04 Å². The molecule has 19 heavy (non-hydrogen) atoms. The van der Waals surface area contributed by atoms with Crippen LogP contribution in [-0.4, -0.2) is 11.5 Å². The minimum absolute atomic E-state index is 0.154. The summed E-state index contributed by atoms with van der Waals surface area (Å²) < 4.78 is 0. The van der Waals surface area contributed by atoms with Crippen LogP contribution in [0, 0.1) is 6.92 Å². The van der Waals surface area contributed by atoms with Crippen LogP contribution < -0.4 is 5.32 Å². The van der Waals surface area contributed by atoms with Crippen molar-refractivity contribution in [2.45, 2.75) is 26.3 Å². The highest BCUT2D eigenvalue weighted by Crippen LogP contribution is 2.23. The molecule has 0 aliphatic carbocycles. The summed E-state index contributed by atoms with van der Waals surface area (Å²) >= 11 is 6.24. The molecule has 3 heteroatoms. The Morgan fingerprint density at radius 1 is 1.21 bits per heavy atom. The number of hydrogen-bond acceptors (Lipinski definition) is 2. The van der Waals surface area contributed by atoms with Crippen LogP contribution in [0.4, 0.5) is 0 Å². The Morgan fingerprint density at radius 3 is 2.58 bits per heavy atom. The van der Waals surface area contributed by atoms with E-state index in [1.165, 1.54) is 11.1 Å². The summed E-state index contributed by atoms with van der Waals surface area (Å²) in [6, 6.07) is 12.5. The van der Waals surface area contributed by atoms with Crippen molar-refractivity contribution in [1.82, 2.24) is 10.3 Å². The molecule has 2 aromatic rings. The number of rotatable bonds is 5. The largest absolute Gasteiger partial charge is 0.309 e. The lowest BCUT2D eigenvalue weighted by molar-refractivity contribution is 0.537. The van der Waals surface area contributed by atoms with E-state index in [0.29, 0.717) is 0 Å². The summed E-state index contributed by atoms with van der Waals surface area (Å²) in [6.45, 7) is 5.09. The second kappa shape index (κ2) is 6.69. The van der Waals surface area contributed by atoms with Crippen LogP contribution >= 0.6 is 11.6 Å². The molecule has 0 saturated carbocycles. The van der Waals surface area contributed by atoms with Crippen molar-refractivity contribution in [3.05, 3.63) is 64.4 Å². The fourth-order valence-corrected chi connectivity index (χ4v) is 2.38. The van der Waals surface area contributed by atoms with Gasteiger partial charge < -0.3 is 5.32 Å². The first kappa shape index (κ1) is 14.0. The Labute approximate surface area is 119 Å². The fourth-order valence-electron chi connectivity index (χ4n) is 2.13. The number of hydrogen-bond donors (Lipinski definition) is 1. The molecule has 2 rings (SSSR count). The Bertz CT molecular complexity index is 523. The van der Waals surface area contributed by atoms with Crippen LogP contribution in [0.1, 0.15) is 29.8 Å². The predicted octanol–water partition coefficient (Wildman–Crippen LogP) is 3.94. The third-order valence-electron chi connectivity index (χ3n) is 3.13. The molecule has 0 amide bonds. The second-order valence-electron chi connectivity index (χ2n) is 4.67. The van der Waals surface area contributed by atoms with Crippen molar-refractivity contribution in [2.75, 3.05) is 6.54 Å². The molecule has 1 aromatic heterocycles. The van der Waals surface area contributed by atoms with E-state index in [0.717, 1.165) is 23.7 Å². The molecule has 0 saturated heterocycles. The molecule has 0 spiro atoms. The quantitative estimate of drug-likeness (QED) is 0.893. The maximum Gasteiger partial charge on any atom is 0.0762 e. The maximum atomic E-state index is 6.24. The van der Waals surface area contributed by atoms with Gasteiger partial charge in [-0.05, 0) is 37.6 Å². The topological polar surface area (TPSA) is 24.9 Å². The predicted molar refractivity (Wildman–Crippen MR) is 80.5 cm³/mol. The molecule has 2 nitrogen and oxygen atoms in total. The van der Waals surface area contributed by atoms with Crippen molar-refractivity contribution in [1.29, 1.82) is 0 Å². The van der Waals surface area contributed by atoms with Crippen molar-refractivity contribution in [2.24, 2.45) is 0 Å². The van der Waals surface area contributed by atoms with E-state index < -0.39 is 0 Å². The molecule has 100 valence electrons. The van der Waals surface area contributed by atoms with Crippen LogP contribution in [0.5, 0.6) is 0 Å². The minimum atomic E-state index is 0.154. The van der Waals surface area contributed by atoms with Gasteiger partial charge in [0.1, 0.15) is 0 Å². The second-order valence-corrected chi connectivity index (χ2v) is 5.08. The first-order valence-electron chi connectivity index (χ1n) is 6.60. The van der Waals surface area contributed by atoms with Crippen LogP contribution in [0.15, 0.2) is 42.6 Å². The van der Waals surface area contributed by atoms with E-state index >= 15 is 0 Å². The summed E-state index contributed by atoms with van der Waals surface area (Å²) in [6.07, 6.45) is 2.69. The lowest BCUT2D eigenvalue weighted by Crippen LogP contribution is -2.24. The van der Waals surface area contributed by atoms with E-state index in [2.05, 4.69) is 48.4 Å². The zero-order valence-electron chi connectivity index (χ0n) is 11.4. The zero-order valence-corrected chi connectivity index (χ0v) is 12.1. The first-order valence-corrected chi connectivity index (χ1v) is 6.98. The molecule has 1 N–H and O–H groups in total. The Balaban J connectivity index is 2.21. The highest BCUT2D eigenvalue weighted by atomic mass is 35.5. The SMILES string of the molecule is CCNC(Cc1ccc(C)cc1)c1ncccc1Cl. The average molecular weight is 275 g/mol. The summed E-state index contributed by atoms with van der Waals surface area (Å²) in [4.78, 5) is 4.42. The van der Waals surface area contributed by atoms with E-state index in [4.69, 9.17) is 11.6 Å². The van der Waals surface area contributed by atoms with Crippen molar-refractivity contribution >= 4 is 11.6 Å². The standard InChI is InChI=1S/C16H19ClN2/c1-3-18-15(16-14(17)5-4-10-19-16)11-13-8-6-12(2)7-9-13/h4-10,15,18H,3,11H2,1-2H3. The number of likely N-dealkylation sites (N-methyl/N-ethyl adjacent to an activating group) is 1. The number of pyridine rings is 1. The molecule has 1 unspecified atom stereocenters. The highest BCUT2D eigenvalue weighted by molar-refractivity contribution is 6.31. The number of benzene rings is 1. The smallest absolute Gasteiger partial charge is 0.0762 e. The van der Waals surface area contributed by atoms with Crippen molar-refractivity contribution in [3.8, 4) is 0 Å². The molecule has 0 fully saturated rings. The van der Waals surface area contributed by atoms with Crippen LogP contribution in [0.2, 0.25) is 5.02 Å². The third-order valence-corrected chi connectivity index (χ3v) is 3.45. The zero-order chi connectivity index (χ0) is 13.7. The van der Waals surface area contributed by atoms with Gasteiger partial charge in [-0.2, -0.15) is 0 Å². The molecule has 0 bridgehead atoms. The summed E-state index contributed by atoms with van der Waals surface area (Å²) in [7, 11) is 0. The lowest BCUT2D eigenvalue weighted by Gasteiger charge is -2.18. The van der Waals surface area contributed by atoms with Gasteiger partial charge in [0, 0.05) is 6.20 Å². The van der Waals surface area contributed by atoms with Gasteiger partial charge in [-0.15, -0.1) is 0 Å². The summed E-state index contributed by atoms with van der Waals surface area (Å²) in [5.74, 6) is 0. The highest BCUT2D eigenvalue weighted by Gasteiger charge is 2.15. The summed E-state index contributed by atoms with van der Waals surface area (Å²) in [5.41, 5.74) is 3.49. The van der Waals surface area contributed by atoms with Gasteiger partial charge in [-0.25, -0.2) is 0 Å². The molecule has 1 aromatic carbocycles. The first-order chi connectivity index (χ1) is 9.20.